The highest BCUT2D eigenvalue weighted by Crippen LogP contribution is 2.32. The fraction of sp³-hybridized carbons (Fsp3) is 0.333. The molecule has 2 N–H and O–H groups in total. The molecule has 0 radical (unpaired) electrons. The predicted octanol–water partition coefficient (Wildman–Crippen LogP) is 2.19. The lowest BCUT2D eigenvalue weighted by molar-refractivity contribution is 0.0948. The van der Waals surface area contributed by atoms with Crippen molar-refractivity contribution in [2.75, 3.05) is 18.5 Å². The first kappa shape index (κ1) is 17.2. The quantitative estimate of drug-likeness (QED) is 0.682. The average molecular weight is 370 g/mol. The average Bonchev–Trinajstić information content (AvgIpc) is 3.06. The third-order valence-corrected chi connectivity index (χ3v) is 4.39. The molecule has 4 rings (SSSR count). The molecule has 0 fully saturated rings. The highest BCUT2D eigenvalue weighted by Gasteiger charge is 2.24. The van der Waals surface area contributed by atoms with E-state index in [-0.39, 0.29) is 31.0 Å². The van der Waals surface area contributed by atoms with Crippen molar-refractivity contribution in [3.63, 3.8) is 0 Å². The summed E-state index contributed by atoms with van der Waals surface area (Å²) in [5.41, 5.74) is 1.42. The Balaban J connectivity index is 1.84. The third-order valence-electron chi connectivity index (χ3n) is 4.39. The van der Waals surface area contributed by atoms with Gasteiger partial charge in [-0.3, -0.25) is 4.79 Å². The van der Waals surface area contributed by atoms with E-state index >= 15 is 0 Å². The number of nitrogens with zero attached hydrogens (tertiary/aromatic N) is 4. The number of pyridine rings is 1. The number of carbonyl (C=O) groups excluding carboxylic acids is 1. The lowest BCUT2D eigenvalue weighted by atomic mass is 9.96. The summed E-state index contributed by atoms with van der Waals surface area (Å²) in [4.78, 5) is 21.0. The van der Waals surface area contributed by atoms with Gasteiger partial charge in [0.15, 0.2) is 5.65 Å². The van der Waals surface area contributed by atoms with Gasteiger partial charge in [0.25, 0.3) is 5.91 Å². The van der Waals surface area contributed by atoms with E-state index in [1.54, 1.807) is 12.3 Å². The number of halogens is 1. The maximum Gasteiger partial charge on any atom is 0.256 e. The molecule has 0 spiro atoms. The van der Waals surface area contributed by atoms with Gasteiger partial charge >= 0.3 is 0 Å². The first-order valence-corrected chi connectivity index (χ1v) is 8.70. The number of ether oxygens (including phenoxy) is 1. The van der Waals surface area contributed by atoms with Crippen molar-refractivity contribution in [3.05, 3.63) is 47.7 Å². The molecular formula is C18H19FN6O2. The SMILES string of the molecule is CC(C)C1Nc2ccn3ncc(c3n2)C(=O)NCCOc2ncc(F)cc21. The molecular weight excluding hydrogens is 351 g/mol. The Morgan fingerprint density at radius 3 is 3.04 bits per heavy atom. The van der Waals surface area contributed by atoms with E-state index in [1.807, 2.05) is 13.8 Å². The molecule has 1 unspecified atom stereocenters. The van der Waals surface area contributed by atoms with Gasteiger partial charge in [-0.2, -0.15) is 5.10 Å². The van der Waals surface area contributed by atoms with Crippen molar-refractivity contribution >= 4 is 17.4 Å². The molecule has 0 aromatic carbocycles. The second kappa shape index (κ2) is 6.82. The Morgan fingerprint density at radius 2 is 2.22 bits per heavy atom. The summed E-state index contributed by atoms with van der Waals surface area (Å²) < 4.78 is 21.2. The van der Waals surface area contributed by atoms with E-state index in [0.29, 0.717) is 28.5 Å². The van der Waals surface area contributed by atoms with Crippen molar-refractivity contribution in [1.82, 2.24) is 24.9 Å². The molecule has 0 saturated heterocycles. The van der Waals surface area contributed by atoms with Crippen LogP contribution in [0.1, 0.15) is 35.8 Å². The maximum absolute atomic E-state index is 13.9. The fourth-order valence-electron chi connectivity index (χ4n) is 3.07. The van der Waals surface area contributed by atoms with Crippen LogP contribution in [0.4, 0.5) is 10.2 Å². The molecule has 0 aliphatic carbocycles. The Morgan fingerprint density at radius 1 is 1.37 bits per heavy atom. The number of carbonyl (C=O) groups is 1. The summed E-state index contributed by atoms with van der Waals surface area (Å²) >= 11 is 0. The standard InChI is InChI=1S/C18H19FN6O2/c1-10(2)15-12-7-11(19)8-21-18(12)27-6-4-20-17(26)13-9-22-25-5-3-14(23-15)24-16(13)25/h3,5,7-10,15H,4,6H2,1-2H3,(H,20,26)(H,23,24). The highest BCUT2D eigenvalue weighted by atomic mass is 19.1. The summed E-state index contributed by atoms with van der Waals surface area (Å²) in [7, 11) is 0. The van der Waals surface area contributed by atoms with Gasteiger partial charge in [0.05, 0.1) is 25.0 Å². The van der Waals surface area contributed by atoms with Crippen LogP contribution in [0.3, 0.4) is 0 Å². The van der Waals surface area contributed by atoms with Gasteiger partial charge in [0.2, 0.25) is 5.88 Å². The van der Waals surface area contributed by atoms with E-state index in [9.17, 15) is 9.18 Å². The molecule has 4 heterocycles. The smallest absolute Gasteiger partial charge is 0.256 e. The molecule has 3 aromatic heterocycles. The van der Waals surface area contributed by atoms with Crippen molar-refractivity contribution in [2.45, 2.75) is 19.9 Å². The number of nitrogens with one attached hydrogen (secondary N) is 2. The van der Waals surface area contributed by atoms with E-state index in [1.165, 1.54) is 16.8 Å². The minimum absolute atomic E-state index is 0.100. The minimum Gasteiger partial charge on any atom is -0.476 e. The number of amides is 1. The number of fused-ring (bicyclic) bond motifs is 2. The molecule has 1 amide bonds. The largest absolute Gasteiger partial charge is 0.476 e. The molecule has 140 valence electrons. The summed E-state index contributed by atoms with van der Waals surface area (Å²) in [6, 6.07) is 2.89. The Kier molecular flexibility index (Phi) is 4.35. The zero-order valence-electron chi connectivity index (χ0n) is 14.9. The van der Waals surface area contributed by atoms with Crippen LogP contribution in [0.25, 0.3) is 5.65 Å². The van der Waals surface area contributed by atoms with Gasteiger partial charge in [-0.05, 0) is 18.1 Å². The molecule has 27 heavy (non-hydrogen) atoms. The van der Waals surface area contributed by atoms with E-state index < -0.39 is 5.82 Å². The molecule has 8 nitrogen and oxygen atoms in total. The van der Waals surface area contributed by atoms with Gasteiger partial charge in [-0.1, -0.05) is 13.8 Å². The number of anilines is 1. The number of hydrogen-bond acceptors (Lipinski definition) is 6. The van der Waals surface area contributed by atoms with Crippen molar-refractivity contribution in [3.8, 4) is 5.88 Å². The van der Waals surface area contributed by atoms with E-state index in [0.717, 1.165) is 6.20 Å². The van der Waals surface area contributed by atoms with Crippen LogP contribution < -0.4 is 15.4 Å². The third kappa shape index (κ3) is 3.27. The van der Waals surface area contributed by atoms with E-state index in [2.05, 4.69) is 25.7 Å². The number of aromatic nitrogens is 4. The van der Waals surface area contributed by atoms with Crippen LogP contribution in [0.2, 0.25) is 0 Å². The lowest BCUT2D eigenvalue weighted by Crippen LogP contribution is -2.28. The lowest BCUT2D eigenvalue weighted by Gasteiger charge is -2.25. The Hall–Kier alpha value is -3.23. The highest BCUT2D eigenvalue weighted by molar-refractivity contribution is 5.99. The van der Waals surface area contributed by atoms with Crippen LogP contribution in [-0.2, 0) is 0 Å². The van der Waals surface area contributed by atoms with Gasteiger partial charge in [0.1, 0.15) is 23.8 Å². The molecule has 3 aromatic rings. The van der Waals surface area contributed by atoms with Crippen LogP contribution >= 0.6 is 0 Å². The van der Waals surface area contributed by atoms with Crippen molar-refractivity contribution in [1.29, 1.82) is 0 Å². The van der Waals surface area contributed by atoms with Crippen molar-refractivity contribution < 1.29 is 13.9 Å². The second-order valence-corrected chi connectivity index (χ2v) is 6.66. The van der Waals surface area contributed by atoms with E-state index in [4.69, 9.17) is 4.74 Å². The summed E-state index contributed by atoms with van der Waals surface area (Å²) in [5.74, 6) is 0.253. The first-order chi connectivity index (χ1) is 13.0. The topological polar surface area (TPSA) is 93.4 Å². The number of rotatable bonds is 1. The van der Waals surface area contributed by atoms with Gasteiger partial charge in [0, 0.05) is 11.8 Å². The van der Waals surface area contributed by atoms with Crippen LogP contribution in [0.5, 0.6) is 5.88 Å². The van der Waals surface area contributed by atoms with Crippen LogP contribution in [0, 0.1) is 11.7 Å². The molecule has 1 atom stereocenters. The molecule has 1 aliphatic heterocycles. The molecule has 9 heteroatoms. The fourth-order valence-corrected chi connectivity index (χ4v) is 3.07. The van der Waals surface area contributed by atoms with Crippen LogP contribution in [-0.4, -0.2) is 38.6 Å². The normalized spacial score (nSPS) is 17.3. The Labute approximate surface area is 154 Å². The number of hydrogen-bond donors (Lipinski definition) is 2. The monoisotopic (exact) mass is 370 g/mol. The summed E-state index contributed by atoms with van der Waals surface area (Å²) in [6.07, 6.45) is 4.32. The molecule has 1 aliphatic rings. The van der Waals surface area contributed by atoms with Gasteiger partial charge < -0.3 is 15.4 Å². The zero-order valence-corrected chi connectivity index (χ0v) is 14.9. The predicted molar refractivity (Wildman–Crippen MR) is 96.2 cm³/mol. The van der Waals surface area contributed by atoms with Gasteiger partial charge in [-0.25, -0.2) is 18.9 Å². The summed E-state index contributed by atoms with van der Waals surface area (Å²) in [5, 5.41) is 10.3. The molecule has 2 bridgehead atoms. The second-order valence-electron chi connectivity index (χ2n) is 6.66. The zero-order chi connectivity index (χ0) is 19.0. The maximum atomic E-state index is 13.9. The molecule has 0 saturated carbocycles. The van der Waals surface area contributed by atoms with Crippen LogP contribution in [0.15, 0.2) is 30.7 Å². The first-order valence-electron chi connectivity index (χ1n) is 8.70. The van der Waals surface area contributed by atoms with Crippen molar-refractivity contribution in [2.24, 2.45) is 5.92 Å². The summed E-state index contributed by atoms with van der Waals surface area (Å²) in [6.45, 7) is 4.50. The minimum atomic E-state index is -0.441. The van der Waals surface area contributed by atoms with Gasteiger partial charge in [-0.15, -0.1) is 0 Å². The Bertz CT molecular complexity index is 1000.